The minimum Gasteiger partial charge on any atom is -0.469 e. The van der Waals surface area contributed by atoms with Gasteiger partial charge in [0, 0.05) is 38.6 Å². The molecular formula is C15H23N3O4. The van der Waals surface area contributed by atoms with E-state index in [1.54, 1.807) is 12.3 Å². The van der Waals surface area contributed by atoms with Crippen LogP contribution in [0.25, 0.3) is 0 Å². The number of furan rings is 1. The fourth-order valence-corrected chi connectivity index (χ4v) is 2.30. The summed E-state index contributed by atoms with van der Waals surface area (Å²) in [6, 6.07) is 3.47. The van der Waals surface area contributed by atoms with E-state index in [9.17, 15) is 9.59 Å². The summed E-state index contributed by atoms with van der Waals surface area (Å²) >= 11 is 0. The van der Waals surface area contributed by atoms with Crippen molar-refractivity contribution in [3.63, 3.8) is 0 Å². The molecule has 0 saturated carbocycles. The van der Waals surface area contributed by atoms with E-state index in [2.05, 4.69) is 15.5 Å². The fraction of sp³-hybridized carbons (Fsp3) is 0.600. The van der Waals surface area contributed by atoms with Gasteiger partial charge in [-0.3, -0.25) is 14.5 Å². The Morgan fingerprint density at radius 2 is 2.09 bits per heavy atom. The lowest BCUT2D eigenvalue weighted by Gasteiger charge is -2.26. The molecule has 1 aliphatic rings. The van der Waals surface area contributed by atoms with Gasteiger partial charge in [-0.25, -0.2) is 0 Å². The Labute approximate surface area is 130 Å². The summed E-state index contributed by atoms with van der Waals surface area (Å²) in [6.45, 7) is 6.19. The van der Waals surface area contributed by atoms with Gasteiger partial charge in [-0.15, -0.1) is 0 Å². The largest absolute Gasteiger partial charge is 0.469 e. The number of hydrogen-bond donors (Lipinski definition) is 2. The predicted octanol–water partition coefficient (Wildman–Crippen LogP) is -0.225. The highest BCUT2D eigenvalue weighted by molar-refractivity contribution is 6.35. The van der Waals surface area contributed by atoms with Gasteiger partial charge in [0.15, 0.2) is 0 Å². The third-order valence-electron chi connectivity index (χ3n) is 3.49. The molecule has 2 amide bonds. The lowest BCUT2D eigenvalue weighted by atomic mass is 10.2. The molecule has 1 aromatic rings. The molecule has 22 heavy (non-hydrogen) atoms. The van der Waals surface area contributed by atoms with Crippen molar-refractivity contribution in [2.24, 2.45) is 0 Å². The molecular weight excluding hydrogens is 286 g/mol. The Kier molecular flexibility index (Phi) is 6.42. The predicted molar refractivity (Wildman–Crippen MR) is 80.3 cm³/mol. The second-order valence-corrected chi connectivity index (χ2v) is 5.37. The number of nitrogens with one attached hydrogen (secondary N) is 2. The fourth-order valence-electron chi connectivity index (χ4n) is 2.30. The maximum Gasteiger partial charge on any atom is 0.309 e. The summed E-state index contributed by atoms with van der Waals surface area (Å²) in [4.78, 5) is 25.7. The molecule has 7 heteroatoms. The molecule has 0 aromatic carbocycles. The average molecular weight is 309 g/mol. The molecule has 0 bridgehead atoms. The molecule has 1 aliphatic heterocycles. The first-order valence-electron chi connectivity index (χ1n) is 7.56. The smallest absolute Gasteiger partial charge is 0.309 e. The Balaban J connectivity index is 1.62. The van der Waals surface area contributed by atoms with Crippen LogP contribution in [0.15, 0.2) is 22.8 Å². The van der Waals surface area contributed by atoms with Crippen LogP contribution in [0.5, 0.6) is 0 Å². The average Bonchev–Trinajstić information content (AvgIpc) is 3.00. The third kappa shape index (κ3) is 5.50. The number of hydrogen-bond acceptors (Lipinski definition) is 5. The molecule has 0 spiro atoms. The molecule has 7 nitrogen and oxygen atoms in total. The quantitative estimate of drug-likeness (QED) is 0.710. The molecule has 0 aliphatic carbocycles. The maximum absolute atomic E-state index is 11.8. The first-order valence-corrected chi connectivity index (χ1v) is 7.56. The van der Waals surface area contributed by atoms with Crippen molar-refractivity contribution < 1.29 is 18.7 Å². The van der Waals surface area contributed by atoms with Crippen LogP contribution < -0.4 is 10.6 Å². The van der Waals surface area contributed by atoms with Crippen molar-refractivity contribution in [1.82, 2.24) is 15.5 Å². The Morgan fingerprint density at radius 1 is 1.32 bits per heavy atom. The molecule has 2 N–H and O–H groups in total. The molecule has 1 aromatic heterocycles. The highest BCUT2D eigenvalue weighted by atomic mass is 16.5. The minimum atomic E-state index is -0.610. The summed E-state index contributed by atoms with van der Waals surface area (Å²) in [5.74, 6) is -0.430. The maximum atomic E-state index is 11.8. The lowest BCUT2D eigenvalue weighted by molar-refractivity contribution is -0.139. The zero-order chi connectivity index (χ0) is 15.8. The summed E-state index contributed by atoms with van der Waals surface area (Å²) in [5, 5.41) is 5.30. The van der Waals surface area contributed by atoms with E-state index in [4.69, 9.17) is 9.15 Å². The lowest BCUT2D eigenvalue weighted by Crippen LogP contribution is -2.47. The Morgan fingerprint density at radius 3 is 2.77 bits per heavy atom. The number of carbonyl (C=O) groups excluding carboxylic acids is 2. The first-order chi connectivity index (χ1) is 10.6. The van der Waals surface area contributed by atoms with E-state index in [1.165, 1.54) is 0 Å². The van der Waals surface area contributed by atoms with Crippen LogP contribution in [0.3, 0.4) is 0 Å². The van der Waals surface area contributed by atoms with E-state index in [0.717, 1.165) is 38.6 Å². The SMILES string of the molecule is CC(Cc1ccco1)NC(=O)C(=O)NCCN1CCOCC1. The minimum absolute atomic E-state index is 0.163. The normalized spacial score (nSPS) is 17.0. The van der Waals surface area contributed by atoms with Crippen LogP contribution in [0.4, 0.5) is 0 Å². The molecule has 1 saturated heterocycles. The number of nitrogens with zero attached hydrogens (tertiary/aromatic N) is 1. The van der Waals surface area contributed by atoms with Gasteiger partial charge >= 0.3 is 11.8 Å². The zero-order valence-corrected chi connectivity index (χ0v) is 12.8. The van der Waals surface area contributed by atoms with Gasteiger partial charge < -0.3 is 19.8 Å². The number of ether oxygens (including phenoxy) is 1. The van der Waals surface area contributed by atoms with Gasteiger partial charge in [-0.05, 0) is 19.1 Å². The van der Waals surface area contributed by atoms with Crippen LogP contribution in [0, 0.1) is 0 Å². The highest BCUT2D eigenvalue weighted by Crippen LogP contribution is 2.03. The second kappa shape index (κ2) is 8.55. The summed E-state index contributed by atoms with van der Waals surface area (Å²) < 4.78 is 10.5. The van der Waals surface area contributed by atoms with E-state index < -0.39 is 11.8 Å². The summed E-state index contributed by atoms with van der Waals surface area (Å²) in [5.41, 5.74) is 0. The van der Waals surface area contributed by atoms with Crippen LogP contribution in [-0.4, -0.2) is 62.1 Å². The summed E-state index contributed by atoms with van der Waals surface area (Å²) in [6.07, 6.45) is 2.14. The number of amides is 2. The van der Waals surface area contributed by atoms with Crippen LogP contribution in [-0.2, 0) is 20.7 Å². The van der Waals surface area contributed by atoms with Gasteiger partial charge in [-0.1, -0.05) is 0 Å². The molecule has 1 atom stereocenters. The van der Waals surface area contributed by atoms with Gasteiger partial charge in [0.1, 0.15) is 5.76 Å². The van der Waals surface area contributed by atoms with Crippen molar-refractivity contribution in [3.8, 4) is 0 Å². The van der Waals surface area contributed by atoms with Gasteiger partial charge in [-0.2, -0.15) is 0 Å². The number of rotatable bonds is 6. The Hall–Kier alpha value is -1.86. The second-order valence-electron chi connectivity index (χ2n) is 5.37. The molecule has 2 heterocycles. The van der Waals surface area contributed by atoms with Crippen molar-refractivity contribution in [2.45, 2.75) is 19.4 Å². The van der Waals surface area contributed by atoms with Crippen molar-refractivity contribution in [3.05, 3.63) is 24.2 Å². The van der Waals surface area contributed by atoms with Crippen molar-refractivity contribution >= 4 is 11.8 Å². The molecule has 1 fully saturated rings. The molecule has 2 rings (SSSR count). The molecule has 122 valence electrons. The number of carbonyl (C=O) groups is 2. The zero-order valence-electron chi connectivity index (χ0n) is 12.8. The van der Waals surface area contributed by atoms with E-state index in [0.29, 0.717) is 13.0 Å². The first kappa shape index (κ1) is 16.5. The van der Waals surface area contributed by atoms with Crippen LogP contribution in [0.2, 0.25) is 0 Å². The van der Waals surface area contributed by atoms with Crippen molar-refractivity contribution in [1.29, 1.82) is 0 Å². The van der Waals surface area contributed by atoms with E-state index in [1.807, 2.05) is 13.0 Å². The monoisotopic (exact) mass is 309 g/mol. The van der Waals surface area contributed by atoms with Gasteiger partial charge in [0.2, 0.25) is 0 Å². The number of morpholine rings is 1. The molecule has 0 radical (unpaired) electrons. The third-order valence-corrected chi connectivity index (χ3v) is 3.49. The van der Waals surface area contributed by atoms with Crippen LogP contribution >= 0.6 is 0 Å². The Bertz CT molecular complexity index is 469. The van der Waals surface area contributed by atoms with Crippen molar-refractivity contribution in [2.75, 3.05) is 39.4 Å². The standard InChI is InChI=1S/C15H23N3O4/c1-12(11-13-3-2-8-22-13)17-15(20)14(19)16-4-5-18-6-9-21-10-7-18/h2-3,8,12H,4-7,9-11H2,1H3,(H,16,19)(H,17,20). The summed E-state index contributed by atoms with van der Waals surface area (Å²) in [7, 11) is 0. The molecule has 1 unspecified atom stereocenters. The van der Waals surface area contributed by atoms with E-state index >= 15 is 0 Å². The highest BCUT2D eigenvalue weighted by Gasteiger charge is 2.17. The van der Waals surface area contributed by atoms with Crippen LogP contribution in [0.1, 0.15) is 12.7 Å². The van der Waals surface area contributed by atoms with Gasteiger partial charge in [0.25, 0.3) is 0 Å². The topological polar surface area (TPSA) is 83.8 Å². The van der Waals surface area contributed by atoms with Gasteiger partial charge in [0.05, 0.1) is 19.5 Å². The van der Waals surface area contributed by atoms with E-state index in [-0.39, 0.29) is 6.04 Å².